The second kappa shape index (κ2) is 3.80. The van der Waals surface area contributed by atoms with Crippen molar-refractivity contribution >= 4 is 6.03 Å². The number of carbonyl (C=O) groups excluding carboxylic acids is 1. The molecule has 1 unspecified atom stereocenters. The minimum absolute atomic E-state index is 0. The fourth-order valence-corrected chi connectivity index (χ4v) is 1.70. The SMILES string of the molecule is C=C1C2C[N-]CCN2C(=O)N1C.[Pt]. The number of rotatable bonds is 0. The van der Waals surface area contributed by atoms with Gasteiger partial charge in [0.25, 0.3) is 0 Å². The Morgan fingerprint density at radius 3 is 2.92 bits per heavy atom. The summed E-state index contributed by atoms with van der Waals surface area (Å²) in [5.41, 5.74) is 0.878. The number of fused-ring (bicyclic) bond motifs is 1. The number of carbonyl (C=O) groups is 1. The number of likely N-dealkylation sites (N-methyl/N-ethyl adjacent to an activating group) is 1. The van der Waals surface area contributed by atoms with Crippen molar-refractivity contribution in [1.82, 2.24) is 9.80 Å². The van der Waals surface area contributed by atoms with E-state index in [4.69, 9.17) is 0 Å². The van der Waals surface area contributed by atoms with Gasteiger partial charge in [-0.05, 0) is 0 Å². The van der Waals surface area contributed by atoms with E-state index in [0.717, 1.165) is 25.3 Å². The molecule has 2 saturated heterocycles. The first kappa shape index (κ1) is 10.7. The number of hydrogen-bond donors (Lipinski definition) is 0. The van der Waals surface area contributed by atoms with Crippen LogP contribution in [0.4, 0.5) is 4.79 Å². The molecule has 2 fully saturated rings. The molecule has 76 valence electrons. The Balaban J connectivity index is 0.000000845. The molecule has 0 spiro atoms. The van der Waals surface area contributed by atoms with Gasteiger partial charge in [-0.3, -0.25) is 4.90 Å². The maximum absolute atomic E-state index is 11.5. The number of piperazine rings is 1. The minimum Gasteiger partial charge on any atom is -0.659 e. The van der Waals surface area contributed by atoms with Gasteiger partial charge < -0.3 is 10.2 Å². The smallest absolute Gasteiger partial charge is 0.324 e. The molecule has 0 bridgehead atoms. The van der Waals surface area contributed by atoms with Crippen LogP contribution in [0.3, 0.4) is 0 Å². The molecule has 0 aromatic carbocycles. The molecule has 2 amide bonds. The third-order valence-corrected chi connectivity index (χ3v) is 2.53. The zero-order valence-corrected chi connectivity index (χ0v) is 9.74. The average Bonchev–Trinajstić information content (AvgIpc) is 2.33. The van der Waals surface area contributed by atoms with Crippen LogP contribution in [0, 0.1) is 0 Å². The Kier molecular flexibility index (Phi) is 3.14. The van der Waals surface area contributed by atoms with Crippen LogP contribution in [0.1, 0.15) is 0 Å². The van der Waals surface area contributed by atoms with E-state index < -0.39 is 0 Å². The average molecular weight is 361 g/mol. The van der Waals surface area contributed by atoms with Crippen molar-refractivity contribution in [2.75, 3.05) is 26.7 Å². The van der Waals surface area contributed by atoms with Crippen LogP contribution < -0.4 is 0 Å². The molecule has 0 aromatic heterocycles. The van der Waals surface area contributed by atoms with E-state index in [9.17, 15) is 4.79 Å². The predicted molar refractivity (Wildman–Crippen MR) is 45.9 cm³/mol. The molecule has 1 atom stereocenters. The van der Waals surface area contributed by atoms with Crippen molar-refractivity contribution < 1.29 is 25.9 Å². The van der Waals surface area contributed by atoms with Gasteiger partial charge in [0.15, 0.2) is 0 Å². The van der Waals surface area contributed by atoms with Gasteiger partial charge >= 0.3 is 6.03 Å². The topological polar surface area (TPSA) is 37.7 Å². The zero-order chi connectivity index (χ0) is 8.72. The number of urea groups is 1. The number of hydrogen-bond acceptors (Lipinski definition) is 1. The third kappa shape index (κ3) is 1.53. The van der Waals surface area contributed by atoms with E-state index in [2.05, 4.69) is 11.9 Å². The molecule has 2 aliphatic rings. The molecule has 2 rings (SSSR count). The van der Waals surface area contributed by atoms with Crippen LogP contribution in [0.25, 0.3) is 5.32 Å². The summed E-state index contributed by atoms with van der Waals surface area (Å²) in [7, 11) is 1.77. The molecule has 0 aromatic rings. The maximum Gasteiger partial charge on any atom is 0.324 e. The van der Waals surface area contributed by atoms with Crippen LogP contribution in [-0.4, -0.2) is 48.6 Å². The van der Waals surface area contributed by atoms with Crippen molar-refractivity contribution in [3.8, 4) is 0 Å². The van der Waals surface area contributed by atoms with E-state index in [-0.39, 0.29) is 33.1 Å². The third-order valence-electron chi connectivity index (χ3n) is 2.53. The molecule has 13 heavy (non-hydrogen) atoms. The Morgan fingerprint density at radius 1 is 1.62 bits per heavy atom. The molecule has 5 heteroatoms. The molecule has 2 aliphatic heterocycles. The first-order valence-electron chi connectivity index (χ1n) is 4.08. The molecule has 2 heterocycles. The zero-order valence-electron chi connectivity index (χ0n) is 7.47. The summed E-state index contributed by atoms with van der Waals surface area (Å²) in [6.07, 6.45) is 0. The summed E-state index contributed by atoms with van der Waals surface area (Å²) in [5.74, 6) is 0. The molecule has 0 saturated carbocycles. The molecule has 0 aliphatic carbocycles. The van der Waals surface area contributed by atoms with Crippen molar-refractivity contribution in [1.29, 1.82) is 0 Å². The number of amides is 2. The summed E-state index contributed by atoms with van der Waals surface area (Å²) in [6, 6.07) is 0.205. The van der Waals surface area contributed by atoms with Crippen LogP contribution >= 0.6 is 0 Å². The summed E-state index contributed by atoms with van der Waals surface area (Å²) in [5, 5.41) is 4.26. The van der Waals surface area contributed by atoms with E-state index in [1.54, 1.807) is 11.9 Å². The minimum atomic E-state index is 0. The Hall–Kier alpha value is -0.342. The van der Waals surface area contributed by atoms with Crippen molar-refractivity contribution in [3.05, 3.63) is 17.6 Å². The standard InChI is InChI=1S/C8H12N3O.Pt/c1-6-7-5-9-3-4-11(7)8(12)10(6)2;/h7H,1,3-5H2,2H3;/q-1;. The van der Waals surface area contributed by atoms with Gasteiger partial charge in [0.1, 0.15) is 0 Å². The molecule has 0 radical (unpaired) electrons. The van der Waals surface area contributed by atoms with Gasteiger partial charge in [0.05, 0.1) is 6.04 Å². The Morgan fingerprint density at radius 2 is 2.31 bits per heavy atom. The summed E-state index contributed by atoms with van der Waals surface area (Å²) in [4.78, 5) is 15.0. The van der Waals surface area contributed by atoms with Gasteiger partial charge in [0.2, 0.25) is 0 Å². The second-order valence-corrected chi connectivity index (χ2v) is 3.17. The van der Waals surface area contributed by atoms with Crippen molar-refractivity contribution in [2.24, 2.45) is 0 Å². The Labute approximate surface area is 92.2 Å². The molecular weight excluding hydrogens is 349 g/mol. The summed E-state index contributed by atoms with van der Waals surface area (Å²) >= 11 is 0. The maximum atomic E-state index is 11.5. The molecular formula is C8H12N3OPt-. The van der Waals surface area contributed by atoms with E-state index in [0.29, 0.717) is 0 Å². The van der Waals surface area contributed by atoms with Crippen molar-refractivity contribution in [2.45, 2.75) is 6.04 Å². The molecule has 0 N–H and O–H groups in total. The van der Waals surface area contributed by atoms with Gasteiger partial charge in [0, 0.05) is 40.4 Å². The largest absolute Gasteiger partial charge is 0.659 e. The summed E-state index contributed by atoms with van der Waals surface area (Å²) < 4.78 is 0. The predicted octanol–water partition coefficient (Wildman–Crippen LogP) is 0.621. The Bertz CT molecular complexity index is 220. The van der Waals surface area contributed by atoms with Crippen LogP contribution in [0.15, 0.2) is 12.3 Å². The van der Waals surface area contributed by atoms with Crippen LogP contribution in [0.5, 0.6) is 0 Å². The second-order valence-electron chi connectivity index (χ2n) is 3.17. The van der Waals surface area contributed by atoms with Gasteiger partial charge in [-0.2, -0.15) is 0 Å². The monoisotopic (exact) mass is 361 g/mol. The quantitative estimate of drug-likeness (QED) is 0.624. The fourth-order valence-electron chi connectivity index (χ4n) is 1.70. The van der Waals surface area contributed by atoms with E-state index >= 15 is 0 Å². The van der Waals surface area contributed by atoms with Crippen LogP contribution in [-0.2, 0) is 21.1 Å². The van der Waals surface area contributed by atoms with E-state index in [1.807, 2.05) is 4.90 Å². The van der Waals surface area contributed by atoms with E-state index in [1.165, 1.54) is 0 Å². The van der Waals surface area contributed by atoms with Crippen LogP contribution in [0.2, 0.25) is 0 Å². The number of nitrogens with zero attached hydrogens (tertiary/aromatic N) is 3. The normalized spacial score (nSPS) is 27.3. The molecule has 4 nitrogen and oxygen atoms in total. The fraction of sp³-hybridized carbons (Fsp3) is 0.625. The summed E-state index contributed by atoms with van der Waals surface area (Å²) in [6.45, 7) is 6.10. The van der Waals surface area contributed by atoms with Gasteiger partial charge in [-0.1, -0.05) is 6.58 Å². The van der Waals surface area contributed by atoms with Crippen molar-refractivity contribution in [3.63, 3.8) is 0 Å². The van der Waals surface area contributed by atoms with Gasteiger partial charge in [-0.25, -0.2) is 4.79 Å². The van der Waals surface area contributed by atoms with Gasteiger partial charge in [-0.15, -0.1) is 13.1 Å². The first-order chi connectivity index (χ1) is 5.72. The first-order valence-corrected chi connectivity index (χ1v) is 4.08.